The molecule has 0 unspecified atom stereocenters. The summed E-state index contributed by atoms with van der Waals surface area (Å²) in [6.07, 6.45) is 1.25. The Morgan fingerprint density at radius 2 is 1.74 bits per heavy atom. The molecule has 0 bridgehead atoms. The molecular weight excluding hydrogens is 342 g/mol. The Kier molecular flexibility index (Phi) is 6.05. The number of benzene rings is 2. The average molecular weight is 363 g/mol. The largest absolute Gasteiger partial charge is 0.467 e. The van der Waals surface area contributed by atoms with Crippen LogP contribution in [0.15, 0.2) is 77.4 Å². The van der Waals surface area contributed by atoms with Gasteiger partial charge in [0.1, 0.15) is 5.76 Å². The van der Waals surface area contributed by atoms with E-state index < -0.39 is 12.1 Å². The van der Waals surface area contributed by atoms with Crippen LogP contribution in [0.5, 0.6) is 0 Å². The summed E-state index contributed by atoms with van der Waals surface area (Å²) in [4.78, 5) is 24.7. The number of hydrogen-bond donors (Lipinski definition) is 1. The zero-order valence-corrected chi connectivity index (χ0v) is 15.1. The molecule has 3 rings (SSSR count). The SMILES string of the molecule is C[C@H](OC(=O)c1ccccc1Cc1ccccc1)C(=O)NCc1ccco1. The van der Waals surface area contributed by atoms with Crippen molar-refractivity contribution in [2.75, 3.05) is 0 Å². The number of furan rings is 1. The van der Waals surface area contributed by atoms with Gasteiger partial charge in [0.2, 0.25) is 0 Å². The van der Waals surface area contributed by atoms with Gasteiger partial charge in [-0.25, -0.2) is 4.79 Å². The summed E-state index contributed by atoms with van der Waals surface area (Å²) < 4.78 is 10.5. The van der Waals surface area contributed by atoms with Gasteiger partial charge in [-0.2, -0.15) is 0 Å². The molecule has 3 aromatic rings. The Morgan fingerprint density at radius 3 is 2.48 bits per heavy atom. The van der Waals surface area contributed by atoms with Crippen LogP contribution in [-0.4, -0.2) is 18.0 Å². The van der Waals surface area contributed by atoms with Crippen molar-refractivity contribution in [1.29, 1.82) is 0 Å². The molecule has 1 heterocycles. The van der Waals surface area contributed by atoms with E-state index in [0.717, 1.165) is 11.1 Å². The van der Waals surface area contributed by atoms with Crippen molar-refractivity contribution in [2.24, 2.45) is 0 Å². The quantitative estimate of drug-likeness (QED) is 0.650. The third-order valence-electron chi connectivity index (χ3n) is 4.14. The summed E-state index contributed by atoms with van der Waals surface area (Å²) in [6.45, 7) is 1.80. The molecule has 27 heavy (non-hydrogen) atoms. The number of ether oxygens (including phenoxy) is 1. The summed E-state index contributed by atoms with van der Waals surface area (Å²) >= 11 is 0. The summed E-state index contributed by atoms with van der Waals surface area (Å²) in [6, 6.07) is 20.7. The van der Waals surface area contributed by atoms with Gasteiger partial charge in [-0.1, -0.05) is 48.5 Å². The first kappa shape index (κ1) is 18.5. The van der Waals surface area contributed by atoms with Gasteiger partial charge in [0.15, 0.2) is 6.10 Å². The van der Waals surface area contributed by atoms with E-state index in [1.165, 1.54) is 6.26 Å². The lowest BCUT2D eigenvalue weighted by molar-refractivity contribution is -0.129. The Bertz CT molecular complexity index is 888. The van der Waals surface area contributed by atoms with Crippen molar-refractivity contribution >= 4 is 11.9 Å². The van der Waals surface area contributed by atoms with Crippen molar-refractivity contribution in [3.63, 3.8) is 0 Å². The topological polar surface area (TPSA) is 68.5 Å². The van der Waals surface area contributed by atoms with Crippen LogP contribution in [0.4, 0.5) is 0 Å². The molecule has 1 N–H and O–H groups in total. The van der Waals surface area contributed by atoms with Crippen LogP contribution in [0.1, 0.15) is 34.2 Å². The average Bonchev–Trinajstić information content (AvgIpc) is 3.21. The van der Waals surface area contributed by atoms with Gasteiger partial charge >= 0.3 is 5.97 Å². The van der Waals surface area contributed by atoms with Crippen molar-refractivity contribution in [2.45, 2.75) is 26.0 Å². The molecule has 1 atom stereocenters. The first-order valence-electron chi connectivity index (χ1n) is 8.76. The fourth-order valence-electron chi connectivity index (χ4n) is 2.70. The van der Waals surface area contributed by atoms with Crippen LogP contribution in [0.2, 0.25) is 0 Å². The molecule has 0 aliphatic rings. The van der Waals surface area contributed by atoms with Gasteiger partial charge in [0.25, 0.3) is 5.91 Å². The van der Waals surface area contributed by atoms with Crippen LogP contribution in [0, 0.1) is 0 Å². The van der Waals surface area contributed by atoms with E-state index in [1.807, 2.05) is 42.5 Å². The monoisotopic (exact) mass is 363 g/mol. The van der Waals surface area contributed by atoms with E-state index in [0.29, 0.717) is 17.7 Å². The van der Waals surface area contributed by atoms with Crippen LogP contribution in [0.3, 0.4) is 0 Å². The van der Waals surface area contributed by atoms with Gasteiger partial charge in [0, 0.05) is 0 Å². The van der Waals surface area contributed by atoms with E-state index in [2.05, 4.69) is 5.32 Å². The molecule has 1 aromatic heterocycles. The van der Waals surface area contributed by atoms with Crippen LogP contribution in [-0.2, 0) is 22.5 Å². The van der Waals surface area contributed by atoms with Crippen molar-refractivity contribution in [3.8, 4) is 0 Å². The lowest BCUT2D eigenvalue weighted by Gasteiger charge is -2.15. The standard InChI is InChI=1S/C22H21NO4/c1-16(21(24)23-15-19-11-7-13-26-19)27-22(25)20-12-6-5-10-18(20)14-17-8-3-2-4-9-17/h2-13,16H,14-15H2,1H3,(H,23,24)/t16-/m0/s1. The Hall–Kier alpha value is -3.34. The Labute approximate surface area is 158 Å². The molecule has 0 radical (unpaired) electrons. The number of esters is 1. The molecule has 5 heteroatoms. The van der Waals surface area contributed by atoms with E-state index in [9.17, 15) is 9.59 Å². The number of amides is 1. The highest BCUT2D eigenvalue weighted by molar-refractivity contribution is 5.93. The van der Waals surface area contributed by atoms with E-state index >= 15 is 0 Å². The fourth-order valence-corrected chi connectivity index (χ4v) is 2.70. The molecule has 1 amide bonds. The minimum absolute atomic E-state index is 0.248. The highest BCUT2D eigenvalue weighted by Gasteiger charge is 2.20. The smallest absolute Gasteiger partial charge is 0.339 e. The first-order chi connectivity index (χ1) is 13.1. The summed E-state index contributed by atoms with van der Waals surface area (Å²) in [7, 11) is 0. The third kappa shape index (κ3) is 5.07. The summed E-state index contributed by atoms with van der Waals surface area (Å²) in [5.74, 6) is -0.252. The molecule has 5 nitrogen and oxygen atoms in total. The minimum Gasteiger partial charge on any atom is -0.467 e. The molecular formula is C22H21NO4. The van der Waals surface area contributed by atoms with E-state index in [4.69, 9.17) is 9.15 Å². The molecule has 138 valence electrons. The highest BCUT2D eigenvalue weighted by Crippen LogP contribution is 2.16. The predicted octanol–water partition coefficient (Wildman–Crippen LogP) is 3.73. The molecule has 0 aliphatic carbocycles. The second-order valence-electron chi connectivity index (χ2n) is 6.16. The molecule has 0 aliphatic heterocycles. The highest BCUT2D eigenvalue weighted by atomic mass is 16.5. The normalized spacial score (nSPS) is 11.6. The lowest BCUT2D eigenvalue weighted by atomic mass is 10.00. The van der Waals surface area contributed by atoms with Crippen LogP contribution < -0.4 is 5.32 Å². The maximum absolute atomic E-state index is 12.6. The second-order valence-corrected chi connectivity index (χ2v) is 6.16. The molecule has 0 fully saturated rings. The number of hydrogen-bond acceptors (Lipinski definition) is 4. The Balaban J connectivity index is 1.62. The third-order valence-corrected chi connectivity index (χ3v) is 4.14. The van der Waals surface area contributed by atoms with Gasteiger partial charge in [-0.15, -0.1) is 0 Å². The van der Waals surface area contributed by atoms with Gasteiger partial charge in [-0.05, 0) is 42.7 Å². The zero-order chi connectivity index (χ0) is 19.1. The number of carbonyl (C=O) groups excluding carboxylic acids is 2. The first-order valence-corrected chi connectivity index (χ1v) is 8.76. The van der Waals surface area contributed by atoms with Gasteiger partial charge in [0.05, 0.1) is 18.4 Å². The number of nitrogens with one attached hydrogen (secondary N) is 1. The molecule has 2 aromatic carbocycles. The summed E-state index contributed by atoms with van der Waals surface area (Å²) in [5.41, 5.74) is 2.42. The maximum atomic E-state index is 12.6. The zero-order valence-electron chi connectivity index (χ0n) is 15.1. The van der Waals surface area contributed by atoms with Gasteiger partial charge < -0.3 is 14.5 Å². The second kappa shape index (κ2) is 8.85. The summed E-state index contributed by atoms with van der Waals surface area (Å²) in [5, 5.41) is 2.69. The molecule has 0 saturated heterocycles. The van der Waals surface area contributed by atoms with Crippen molar-refractivity contribution < 1.29 is 18.7 Å². The predicted molar refractivity (Wildman–Crippen MR) is 101 cm³/mol. The molecule has 0 spiro atoms. The lowest BCUT2D eigenvalue weighted by Crippen LogP contribution is -2.35. The van der Waals surface area contributed by atoms with Crippen molar-refractivity contribution in [1.82, 2.24) is 5.32 Å². The minimum atomic E-state index is -0.905. The van der Waals surface area contributed by atoms with Crippen molar-refractivity contribution in [3.05, 3.63) is 95.4 Å². The number of rotatable bonds is 7. The van der Waals surface area contributed by atoms with Crippen LogP contribution >= 0.6 is 0 Å². The number of carbonyl (C=O) groups is 2. The molecule has 0 saturated carbocycles. The van der Waals surface area contributed by atoms with Crippen LogP contribution in [0.25, 0.3) is 0 Å². The maximum Gasteiger partial charge on any atom is 0.339 e. The van der Waals surface area contributed by atoms with Gasteiger partial charge in [-0.3, -0.25) is 4.79 Å². The fraction of sp³-hybridized carbons (Fsp3) is 0.182. The van der Waals surface area contributed by atoms with E-state index in [-0.39, 0.29) is 12.5 Å². The van der Waals surface area contributed by atoms with E-state index in [1.54, 1.807) is 31.2 Å². The Morgan fingerprint density at radius 1 is 1.00 bits per heavy atom.